The van der Waals surface area contributed by atoms with Crippen molar-refractivity contribution >= 4 is 5.78 Å². The molecule has 3 heteroatoms. The number of ether oxygens (including phenoxy) is 1. The van der Waals surface area contributed by atoms with Crippen molar-refractivity contribution in [2.24, 2.45) is 11.7 Å². The lowest BCUT2D eigenvalue weighted by atomic mass is 9.81. The SMILES string of the molecule is CCCOc1ccccc1C(=O)C1CCCC(N)C1. The lowest BCUT2D eigenvalue weighted by Gasteiger charge is -2.26. The summed E-state index contributed by atoms with van der Waals surface area (Å²) in [4.78, 5) is 12.6. The van der Waals surface area contributed by atoms with Crippen LogP contribution in [0.15, 0.2) is 24.3 Å². The molecule has 1 saturated carbocycles. The van der Waals surface area contributed by atoms with Crippen LogP contribution in [-0.2, 0) is 0 Å². The highest BCUT2D eigenvalue weighted by molar-refractivity contribution is 6.00. The first kappa shape index (κ1) is 14.1. The van der Waals surface area contributed by atoms with Crippen LogP contribution in [0.5, 0.6) is 5.75 Å². The van der Waals surface area contributed by atoms with E-state index in [1.54, 1.807) is 0 Å². The zero-order valence-electron chi connectivity index (χ0n) is 11.6. The maximum atomic E-state index is 12.6. The molecule has 2 unspecified atom stereocenters. The lowest BCUT2D eigenvalue weighted by Crippen LogP contribution is -2.31. The molecule has 0 heterocycles. The zero-order valence-corrected chi connectivity index (χ0v) is 11.6. The number of ketones is 1. The van der Waals surface area contributed by atoms with Crippen LogP contribution in [0.3, 0.4) is 0 Å². The molecule has 2 atom stereocenters. The van der Waals surface area contributed by atoms with Crippen LogP contribution in [0.25, 0.3) is 0 Å². The number of hydrogen-bond donors (Lipinski definition) is 1. The number of Topliss-reactive ketones (excluding diaryl/α,β-unsaturated/α-hetero) is 1. The fourth-order valence-electron chi connectivity index (χ4n) is 2.69. The van der Waals surface area contributed by atoms with Crippen LogP contribution < -0.4 is 10.5 Å². The molecule has 0 amide bonds. The van der Waals surface area contributed by atoms with Crippen LogP contribution >= 0.6 is 0 Å². The van der Waals surface area contributed by atoms with E-state index < -0.39 is 0 Å². The second-order valence-electron chi connectivity index (χ2n) is 5.33. The Morgan fingerprint density at radius 3 is 2.89 bits per heavy atom. The Morgan fingerprint density at radius 1 is 1.37 bits per heavy atom. The van der Waals surface area contributed by atoms with Gasteiger partial charge in [0, 0.05) is 12.0 Å². The minimum atomic E-state index is 0.0649. The number of benzene rings is 1. The van der Waals surface area contributed by atoms with Gasteiger partial charge in [0.15, 0.2) is 5.78 Å². The highest BCUT2D eigenvalue weighted by Gasteiger charge is 2.27. The third-order valence-electron chi connectivity index (χ3n) is 3.70. The minimum absolute atomic E-state index is 0.0649. The smallest absolute Gasteiger partial charge is 0.169 e. The van der Waals surface area contributed by atoms with Crippen molar-refractivity contribution in [1.29, 1.82) is 0 Å². The fourth-order valence-corrected chi connectivity index (χ4v) is 2.69. The molecule has 1 aromatic rings. The van der Waals surface area contributed by atoms with Gasteiger partial charge in [-0.25, -0.2) is 0 Å². The summed E-state index contributed by atoms with van der Waals surface area (Å²) in [7, 11) is 0. The van der Waals surface area contributed by atoms with E-state index in [-0.39, 0.29) is 17.7 Å². The molecule has 0 aromatic heterocycles. The van der Waals surface area contributed by atoms with Crippen LogP contribution in [0.1, 0.15) is 49.4 Å². The molecule has 1 aliphatic carbocycles. The van der Waals surface area contributed by atoms with Crippen molar-refractivity contribution < 1.29 is 9.53 Å². The molecular weight excluding hydrogens is 238 g/mol. The quantitative estimate of drug-likeness (QED) is 0.828. The van der Waals surface area contributed by atoms with Crippen LogP contribution in [0.4, 0.5) is 0 Å². The van der Waals surface area contributed by atoms with Crippen molar-refractivity contribution in [3.8, 4) is 5.75 Å². The second kappa shape index (κ2) is 6.71. The van der Waals surface area contributed by atoms with Gasteiger partial charge in [-0.1, -0.05) is 25.5 Å². The van der Waals surface area contributed by atoms with Crippen molar-refractivity contribution in [1.82, 2.24) is 0 Å². The van der Waals surface area contributed by atoms with E-state index in [1.165, 1.54) is 0 Å². The van der Waals surface area contributed by atoms with E-state index in [0.29, 0.717) is 12.4 Å². The Bertz CT molecular complexity index is 431. The Morgan fingerprint density at radius 2 is 2.16 bits per heavy atom. The van der Waals surface area contributed by atoms with E-state index in [1.807, 2.05) is 24.3 Å². The third kappa shape index (κ3) is 3.57. The van der Waals surface area contributed by atoms with Crippen LogP contribution in [0, 0.1) is 5.92 Å². The average Bonchev–Trinajstić information content (AvgIpc) is 2.44. The number of hydrogen-bond acceptors (Lipinski definition) is 3. The predicted molar refractivity (Wildman–Crippen MR) is 76.5 cm³/mol. The molecule has 0 spiro atoms. The van der Waals surface area contributed by atoms with E-state index in [0.717, 1.165) is 37.7 Å². The average molecular weight is 261 g/mol. The van der Waals surface area contributed by atoms with Gasteiger partial charge in [0.1, 0.15) is 5.75 Å². The first-order valence-corrected chi connectivity index (χ1v) is 7.24. The predicted octanol–water partition coefficient (Wildman–Crippen LogP) is 3.18. The molecule has 1 fully saturated rings. The molecule has 0 bridgehead atoms. The van der Waals surface area contributed by atoms with Crippen molar-refractivity contribution in [2.45, 2.75) is 45.1 Å². The van der Waals surface area contributed by atoms with Gasteiger partial charge >= 0.3 is 0 Å². The minimum Gasteiger partial charge on any atom is -0.493 e. The molecule has 0 aliphatic heterocycles. The zero-order chi connectivity index (χ0) is 13.7. The lowest BCUT2D eigenvalue weighted by molar-refractivity contribution is 0.0877. The number of nitrogens with two attached hydrogens (primary N) is 1. The Balaban J connectivity index is 2.13. The van der Waals surface area contributed by atoms with Gasteiger partial charge in [-0.3, -0.25) is 4.79 Å². The first-order valence-electron chi connectivity index (χ1n) is 7.24. The molecule has 2 rings (SSSR count). The normalized spacial score (nSPS) is 23.1. The molecule has 1 aromatic carbocycles. The van der Waals surface area contributed by atoms with Gasteiger partial charge in [0.2, 0.25) is 0 Å². The summed E-state index contributed by atoms with van der Waals surface area (Å²) in [5.74, 6) is 0.977. The second-order valence-corrected chi connectivity index (χ2v) is 5.33. The maximum Gasteiger partial charge on any atom is 0.169 e. The van der Waals surface area contributed by atoms with Crippen LogP contribution in [0.2, 0.25) is 0 Å². The first-order chi connectivity index (χ1) is 9.22. The molecular formula is C16H23NO2. The summed E-state index contributed by atoms with van der Waals surface area (Å²) in [6.45, 7) is 2.71. The Hall–Kier alpha value is -1.35. The number of carbonyl (C=O) groups is 1. The summed E-state index contributed by atoms with van der Waals surface area (Å²) in [6, 6.07) is 7.73. The summed E-state index contributed by atoms with van der Waals surface area (Å²) in [5.41, 5.74) is 6.69. The molecule has 0 saturated heterocycles. The summed E-state index contributed by atoms with van der Waals surface area (Å²) in [6.07, 6.45) is 4.79. The van der Waals surface area contributed by atoms with E-state index in [2.05, 4.69) is 6.92 Å². The van der Waals surface area contributed by atoms with E-state index in [4.69, 9.17) is 10.5 Å². The van der Waals surface area contributed by atoms with Crippen LogP contribution in [-0.4, -0.2) is 18.4 Å². The van der Waals surface area contributed by atoms with Crippen molar-refractivity contribution in [3.63, 3.8) is 0 Å². The Labute approximate surface area is 115 Å². The topological polar surface area (TPSA) is 52.3 Å². The van der Waals surface area contributed by atoms with E-state index in [9.17, 15) is 4.79 Å². The van der Waals surface area contributed by atoms with Gasteiger partial charge in [0.05, 0.1) is 12.2 Å². The third-order valence-corrected chi connectivity index (χ3v) is 3.70. The van der Waals surface area contributed by atoms with Gasteiger partial charge in [0.25, 0.3) is 0 Å². The maximum absolute atomic E-state index is 12.6. The molecule has 104 valence electrons. The molecule has 19 heavy (non-hydrogen) atoms. The monoisotopic (exact) mass is 261 g/mol. The van der Waals surface area contributed by atoms with Gasteiger partial charge in [-0.15, -0.1) is 0 Å². The summed E-state index contributed by atoms with van der Waals surface area (Å²) >= 11 is 0. The number of para-hydroxylation sites is 1. The van der Waals surface area contributed by atoms with Gasteiger partial charge < -0.3 is 10.5 Å². The molecule has 3 nitrogen and oxygen atoms in total. The molecule has 0 radical (unpaired) electrons. The van der Waals surface area contributed by atoms with Gasteiger partial charge in [-0.05, 0) is 37.8 Å². The largest absolute Gasteiger partial charge is 0.493 e. The Kier molecular flexibility index (Phi) is 4.97. The number of carbonyl (C=O) groups excluding carboxylic acids is 1. The molecule has 1 aliphatic rings. The highest BCUT2D eigenvalue weighted by Crippen LogP contribution is 2.29. The standard InChI is InChI=1S/C16H23NO2/c1-2-10-19-15-9-4-3-8-14(15)16(18)12-6-5-7-13(17)11-12/h3-4,8-9,12-13H,2,5-7,10-11,17H2,1H3. The van der Waals surface area contributed by atoms with Crippen molar-refractivity contribution in [3.05, 3.63) is 29.8 Å². The van der Waals surface area contributed by atoms with Gasteiger partial charge in [-0.2, -0.15) is 0 Å². The van der Waals surface area contributed by atoms with Crippen molar-refractivity contribution in [2.75, 3.05) is 6.61 Å². The highest BCUT2D eigenvalue weighted by atomic mass is 16.5. The fraction of sp³-hybridized carbons (Fsp3) is 0.562. The van der Waals surface area contributed by atoms with E-state index >= 15 is 0 Å². The number of rotatable bonds is 5. The summed E-state index contributed by atoms with van der Waals surface area (Å²) in [5, 5.41) is 0. The summed E-state index contributed by atoms with van der Waals surface area (Å²) < 4.78 is 5.67. The molecule has 2 N–H and O–H groups in total.